The average molecular weight is 458 g/mol. The second-order valence-corrected chi connectivity index (χ2v) is 9.15. The van der Waals surface area contributed by atoms with Crippen LogP contribution in [0.5, 0.6) is 0 Å². The highest BCUT2D eigenvalue weighted by Crippen LogP contribution is 2.26. The summed E-state index contributed by atoms with van der Waals surface area (Å²) >= 11 is 3.04. The first-order valence-corrected chi connectivity index (χ1v) is 11.8. The summed E-state index contributed by atoms with van der Waals surface area (Å²) < 4.78 is 2.65. The molecule has 0 fully saturated rings. The maximum atomic E-state index is 13.3. The first-order valence-electron chi connectivity index (χ1n) is 10.0. The number of fused-ring (bicyclic) bond motifs is 2. The monoisotopic (exact) mass is 457 g/mol. The van der Waals surface area contributed by atoms with Crippen LogP contribution in [0.3, 0.4) is 0 Å². The van der Waals surface area contributed by atoms with Gasteiger partial charge in [0.1, 0.15) is 10.7 Å². The third kappa shape index (κ3) is 4.15. The number of rotatable bonds is 6. The molecule has 0 saturated heterocycles. The number of anilines is 1. The minimum Gasteiger partial charge on any atom is -0.268 e. The van der Waals surface area contributed by atoms with E-state index in [4.69, 9.17) is 4.98 Å². The van der Waals surface area contributed by atoms with Gasteiger partial charge in [-0.05, 0) is 36.2 Å². The molecule has 3 aromatic heterocycles. The molecule has 0 radical (unpaired) electrons. The zero-order valence-electron chi connectivity index (χ0n) is 17.2. The number of hydrogen-bond donors (Lipinski definition) is 1. The molecule has 158 valence electrons. The quantitative estimate of drug-likeness (QED) is 0.161. The van der Waals surface area contributed by atoms with E-state index in [0.717, 1.165) is 15.8 Å². The van der Waals surface area contributed by atoms with Crippen LogP contribution in [0.4, 0.5) is 5.13 Å². The van der Waals surface area contributed by atoms with Crippen molar-refractivity contribution >= 4 is 50.3 Å². The number of thioether (sulfide) groups is 1. The summed E-state index contributed by atoms with van der Waals surface area (Å²) in [7, 11) is 0. The van der Waals surface area contributed by atoms with Crippen LogP contribution in [0.15, 0.2) is 87.8 Å². The summed E-state index contributed by atoms with van der Waals surface area (Å²) in [5.41, 5.74) is 6.94. The van der Waals surface area contributed by atoms with E-state index in [0.29, 0.717) is 27.1 Å². The van der Waals surface area contributed by atoms with Crippen LogP contribution < -0.4 is 11.0 Å². The van der Waals surface area contributed by atoms with E-state index in [2.05, 4.69) is 27.6 Å². The summed E-state index contributed by atoms with van der Waals surface area (Å²) in [6, 6.07) is 21.8. The van der Waals surface area contributed by atoms with Crippen LogP contribution >= 0.6 is 23.1 Å². The van der Waals surface area contributed by atoms with Gasteiger partial charge in [0.15, 0.2) is 0 Å². The number of benzene rings is 2. The number of pyridine rings is 1. The summed E-state index contributed by atoms with van der Waals surface area (Å²) in [5, 5.41) is 5.65. The van der Waals surface area contributed by atoms with Crippen molar-refractivity contribution in [2.45, 2.75) is 17.7 Å². The van der Waals surface area contributed by atoms with E-state index >= 15 is 0 Å². The first kappa shape index (κ1) is 20.4. The standard InChI is InChI=1S/C24H19N5OS2/c1-16-8-7-13-29-21(16)27-22(31-15-17-9-3-2-4-10-17)18(23(29)30)14-25-28-24-26-19-11-5-6-12-20(19)32-24/h2-14H,15H2,1H3,(H,26,28). The second-order valence-electron chi connectivity index (χ2n) is 7.15. The van der Waals surface area contributed by atoms with E-state index < -0.39 is 0 Å². The highest BCUT2D eigenvalue weighted by molar-refractivity contribution is 7.98. The van der Waals surface area contributed by atoms with Gasteiger partial charge in [0, 0.05) is 11.9 Å². The van der Waals surface area contributed by atoms with E-state index in [-0.39, 0.29) is 5.56 Å². The minimum atomic E-state index is -0.149. The summed E-state index contributed by atoms with van der Waals surface area (Å²) in [6.07, 6.45) is 3.28. The topological polar surface area (TPSA) is 71.7 Å². The molecule has 0 aliphatic heterocycles. The Morgan fingerprint density at radius 3 is 2.72 bits per heavy atom. The summed E-state index contributed by atoms with van der Waals surface area (Å²) in [4.78, 5) is 22.6. The van der Waals surface area contributed by atoms with Gasteiger partial charge in [-0.2, -0.15) is 5.10 Å². The lowest BCUT2D eigenvalue weighted by molar-refractivity contribution is 0.967. The fourth-order valence-corrected chi connectivity index (χ4v) is 5.07. The maximum absolute atomic E-state index is 13.3. The fraction of sp³-hybridized carbons (Fsp3) is 0.0833. The van der Waals surface area contributed by atoms with Crippen molar-refractivity contribution in [2.24, 2.45) is 5.10 Å². The predicted octanol–water partition coefficient (Wildman–Crippen LogP) is 5.35. The second kappa shape index (κ2) is 8.94. The van der Waals surface area contributed by atoms with Gasteiger partial charge in [-0.25, -0.2) is 9.97 Å². The molecule has 0 aliphatic carbocycles. The zero-order valence-corrected chi connectivity index (χ0v) is 18.9. The Morgan fingerprint density at radius 1 is 1.06 bits per heavy atom. The predicted molar refractivity (Wildman–Crippen MR) is 133 cm³/mol. The van der Waals surface area contributed by atoms with Gasteiger partial charge < -0.3 is 0 Å². The van der Waals surface area contributed by atoms with Crippen LogP contribution in [0.25, 0.3) is 15.9 Å². The first-order chi connectivity index (χ1) is 15.7. The number of nitrogens with one attached hydrogen (secondary N) is 1. The summed E-state index contributed by atoms with van der Waals surface area (Å²) in [5.74, 6) is 0.710. The molecule has 0 unspecified atom stereocenters. The lowest BCUT2D eigenvalue weighted by Crippen LogP contribution is -2.21. The van der Waals surface area contributed by atoms with E-state index in [1.807, 2.05) is 61.5 Å². The van der Waals surface area contributed by atoms with Crippen LogP contribution in [0.1, 0.15) is 16.7 Å². The number of aryl methyl sites for hydroxylation is 1. The van der Waals surface area contributed by atoms with E-state index in [1.165, 1.54) is 28.7 Å². The van der Waals surface area contributed by atoms with Crippen molar-refractivity contribution in [3.8, 4) is 0 Å². The van der Waals surface area contributed by atoms with Gasteiger partial charge in [-0.1, -0.05) is 59.9 Å². The van der Waals surface area contributed by atoms with Crippen LogP contribution in [0.2, 0.25) is 0 Å². The third-order valence-electron chi connectivity index (χ3n) is 4.92. The molecule has 2 aromatic carbocycles. The number of nitrogens with zero attached hydrogens (tertiary/aromatic N) is 4. The van der Waals surface area contributed by atoms with Crippen molar-refractivity contribution in [2.75, 3.05) is 5.43 Å². The third-order valence-corrected chi connectivity index (χ3v) is 6.92. The van der Waals surface area contributed by atoms with E-state index in [1.54, 1.807) is 16.8 Å². The molecule has 0 spiro atoms. The highest BCUT2D eigenvalue weighted by atomic mass is 32.2. The van der Waals surface area contributed by atoms with Crippen LogP contribution in [0, 0.1) is 6.92 Å². The Labute approximate surface area is 192 Å². The molecule has 0 saturated carbocycles. The lowest BCUT2D eigenvalue weighted by Gasteiger charge is -2.09. The SMILES string of the molecule is Cc1cccn2c(=O)c(C=NNc3nc4ccccc4s3)c(SCc3ccccc3)nc12. The molecule has 0 atom stereocenters. The molecule has 8 heteroatoms. The molecule has 1 N–H and O–H groups in total. The zero-order chi connectivity index (χ0) is 21.9. The molecular formula is C24H19N5OS2. The Balaban J connectivity index is 1.49. The smallest absolute Gasteiger partial charge is 0.267 e. The molecule has 0 amide bonds. The molecule has 3 heterocycles. The highest BCUT2D eigenvalue weighted by Gasteiger charge is 2.13. The molecule has 6 nitrogen and oxygen atoms in total. The molecular weight excluding hydrogens is 438 g/mol. The molecule has 0 aliphatic rings. The van der Waals surface area contributed by atoms with Crippen molar-refractivity contribution < 1.29 is 0 Å². The van der Waals surface area contributed by atoms with Crippen molar-refractivity contribution in [3.63, 3.8) is 0 Å². The Kier molecular flexibility index (Phi) is 5.70. The van der Waals surface area contributed by atoms with Crippen molar-refractivity contribution in [1.29, 1.82) is 0 Å². The lowest BCUT2D eigenvalue weighted by atomic mass is 10.2. The van der Waals surface area contributed by atoms with Crippen molar-refractivity contribution in [1.82, 2.24) is 14.4 Å². The summed E-state index contributed by atoms with van der Waals surface area (Å²) in [6.45, 7) is 1.95. The fourth-order valence-electron chi connectivity index (χ4n) is 3.31. The Morgan fingerprint density at radius 2 is 1.88 bits per heavy atom. The maximum Gasteiger partial charge on any atom is 0.267 e. The van der Waals surface area contributed by atoms with Gasteiger partial charge >= 0.3 is 0 Å². The minimum absolute atomic E-state index is 0.149. The van der Waals surface area contributed by atoms with E-state index in [9.17, 15) is 4.79 Å². The Hall–Kier alpha value is -3.49. The molecule has 0 bridgehead atoms. The molecule has 5 rings (SSSR count). The van der Waals surface area contributed by atoms with Gasteiger partial charge in [0.25, 0.3) is 5.56 Å². The average Bonchev–Trinajstić information content (AvgIpc) is 3.23. The Bertz CT molecular complexity index is 1460. The number of thiazole rings is 1. The number of aromatic nitrogens is 3. The number of hydrogen-bond acceptors (Lipinski definition) is 7. The molecule has 32 heavy (non-hydrogen) atoms. The van der Waals surface area contributed by atoms with Crippen molar-refractivity contribution in [3.05, 3.63) is 100.0 Å². The number of para-hydroxylation sites is 1. The van der Waals surface area contributed by atoms with Gasteiger partial charge in [0.2, 0.25) is 5.13 Å². The van der Waals surface area contributed by atoms with Gasteiger partial charge in [-0.3, -0.25) is 14.6 Å². The normalized spacial score (nSPS) is 11.5. The largest absolute Gasteiger partial charge is 0.268 e. The number of hydrazone groups is 1. The van der Waals surface area contributed by atoms with Gasteiger partial charge in [0.05, 0.1) is 22.0 Å². The molecule has 5 aromatic rings. The van der Waals surface area contributed by atoms with Gasteiger partial charge in [-0.15, -0.1) is 11.8 Å². The van der Waals surface area contributed by atoms with Crippen LogP contribution in [-0.4, -0.2) is 20.6 Å². The van der Waals surface area contributed by atoms with Crippen LogP contribution in [-0.2, 0) is 5.75 Å².